The van der Waals surface area contributed by atoms with E-state index in [0.29, 0.717) is 24.1 Å². The van der Waals surface area contributed by atoms with E-state index in [4.69, 9.17) is 18.5 Å². The molecular formula is C34H65NO7P+. The van der Waals surface area contributed by atoms with Gasteiger partial charge in [0.15, 0.2) is 0 Å². The first-order valence-corrected chi connectivity index (χ1v) is 18.2. The van der Waals surface area contributed by atoms with Gasteiger partial charge in [0, 0.05) is 13.0 Å². The molecule has 0 aromatic rings. The van der Waals surface area contributed by atoms with Gasteiger partial charge in [0.1, 0.15) is 19.3 Å². The largest absolute Gasteiger partial charge is 0.472 e. The number of hydrogen-bond donors (Lipinski definition) is 1. The molecule has 0 rings (SSSR count). The number of allylic oxidation sites excluding steroid dienone is 6. The zero-order valence-electron chi connectivity index (χ0n) is 28.2. The maximum absolute atomic E-state index is 12.5. The highest BCUT2D eigenvalue weighted by molar-refractivity contribution is 7.47. The first kappa shape index (κ1) is 41.7. The minimum Gasteiger partial charge on any atom is -0.457 e. The number of phosphoric acid groups is 1. The lowest BCUT2D eigenvalue weighted by atomic mass is 10.1. The number of esters is 1. The van der Waals surface area contributed by atoms with Crippen LogP contribution in [0.1, 0.15) is 117 Å². The van der Waals surface area contributed by atoms with Crippen molar-refractivity contribution >= 4 is 13.8 Å². The van der Waals surface area contributed by atoms with Crippen molar-refractivity contribution < 1.29 is 37.3 Å². The van der Waals surface area contributed by atoms with E-state index in [2.05, 4.69) is 50.3 Å². The van der Waals surface area contributed by atoms with Crippen LogP contribution < -0.4 is 0 Å². The van der Waals surface area contributed by atoms with Crippen molar-refractivity contribution in [3.8, 4) is 0 Å². The zero-order valence-corrected chi connectivity index (χ0v) is 29.1. The van der Waals surface area contributed by atoms with Crippen LogP contribution in [-0.4, -0.2) is 75.6 Å². The van der Waals surface area contributed by atoms with Crippen LogP contribution in [0.4, 0.5) is 0 Å². The summed E-state index contributed by atoms with van der Waals surface area (Å²) in [6.07, 6.45) is 29.0. The molecule has 8 nitrogen and oxygen atoms in total. The van der Waals surface area contributed by atoms with Gasteiger partial charge in [-0.05, 0) is 44.9 Å². The van der Waals surface area contributed by atoms with E-state index in [1.54, 1.807) is 0 Å². The van der Waals surface area contributed by atoms with Crippen LogP contribution in [0.3, 0.4) is 0 Å². The van der Waals surface area contributed by atoms with E-state index < -0.39 is 13.9 Å². The molecule has 0 amide bonds. The normalized spacial score (nSPS) is 14.7. The second-order valence-corrected chi connectivity index (χ2v) is 13.6. The Hall–Kier alpha value is -1.28. The lowest BCUT2D eigenvalue weighted by molar-refractivity contribution is -0.870. The van der Waals surface area contributed by atoms with E-state index in [-0.39, 0.29) is 25.8 Å². The fourth-order valence-electron chi connectivity index (χ4n) is 4.09. The van der Waals surface area contributed by atoms with Crippen molar-refractivity contribution in [3.63, 3.8) is 0 Å². The van der Waals surface area contributed by atoms with Gasteiger partial charge in [0.05, 0.1) is 34.4 Å². The van der Waals surface area contributed by atoms with Crippen LogP contribution in [-0.2, 0) is 27.9 Å². The van der Waals surface area contributed by atoms with Crippen LogP contribution in [0.15, 0.2) is 36.5 Å². The fourth-order valence-corrected chi connectivity index (χ4v) is 4.83. The predicted molar refractivity (Wildman–Crippen MR) is 178 cm³/mol. The number of carbonyl (C=O) groups excluding carboxylic acids is 1. The van der Waals surface area contributed by atoms with Gasteiger partial charge in [-0.2, -0.15) is 0 Å². The predicted octanol–water partition coefficient (Wildman–Crippen LogP) is 8.70. The van der Waals surface area contributed by atoms with Gasteiger partial charge < -0.3 is 18.9 Å². The summed E-state index contributed by atoms with van der Waals surface area (Å²) in [6, 6.07) is 0. The Morgan fingerprint density at radius 3 is 2.02 bits per heavy atom. The molecule has 0 fully saturated rings. The van der Waals surface area contributed by atoms with Crippen molar-refractivity contribution in [1.29, 1.82) is 0 Å². The van der Waals surface area contributed by atoms with Gasteiger partial charge in [0.2, 0.25) is 0 Å². The molecule has 0 spiro atoms. The summed E-state index contributed by atoms with van der Waals surface area (Å²) in [5.41, 5.74) is 0. The minimum atomic E-state index is -4.26. The fraction of sp³-hybridized carbons (Fsp3) is 0.794. The summed E-state index contributed by atoms with van der Waals surface area (Å²) in [5.74, 6) is -0.332. The van der Waals surface area contributed by atoms with Crippen molar-refractivity contribution in [2.75, 3.05) is 54.1 Å². The molecule has 0 aromatic heterocycles. The monoisotopic (exact) mass is 630 g/mol. The first-order valence-electron chi connectivity index (χ1n) is 16.7. The quantitative estimate of drug-likeness (QED) is 0.0279. The molecule has 0 radical (unpaired) electrons. The molecule has 0 heterocycles. The molecule has 9 heteroatoms. The third kappa shape index (κ3) is 31.9. The number of nitrogens with zero attached hydrogens (tertiary/aromatic N) is 1. The average molecular weight is 631 g/mol. The standard InChI is InChI=1S/C34H64NO7P/c1-6-8-10-12-14-15-16-17-18-19-20-22-24-26-29-39-31-33(32-41-43(37,38)40-30-28-35(3,4)5)42-34(36)27-25-23-21-13-11-9-7-2/h8,10,14-15,17-18,33H,6-7,9,11-13,16,19-32H2,1-5H3/p+1/b10-8-,15-14-,18-17-. The highest BCUT2D eigenvalue weighted by Crippen LogP contribution is 2.43. The van der Waals surface area contributed by atoms with Crippen LogP contribution in [0.2, 0.25) is 0 Å². The number of hydrogen-bond acceptors (Lipinski definition) is 6. The lowest BCUT2D eigenvalue weighted by Crippen LogP contribution is -2.37. The van der Waals surface area contributed by atoms with E-state index >= 15 is 0 Å². The molecule has 0 aliphatic carbocycles. The molecule has 252 valence electrons. The average Bonchev–Trinajstić information content (AvgIpc) is 2.94. The molecule has 2 atom stereocenters. The van der Waals surface area contributed by atoms with Gasteiger partial charge in [-0.15, -0.1) is 0 Å². The van der Waals surface area contributed by atoms with Crippen LogP contribution in [0.25, 0.3) is 0 Å². The molecule has 0 saturated carbocycles. The SMILES string of the molecule is CC/C=C\C/C=C\C/C=C\CCCCCCOCC(COP(=O)(O)OCC[N+](C)(C)C)OC(=O)CCCCCCCCC. The van der Waals surface area contributed by atoms with Crippen molar-refractivity contribution in [2.24, 2.45) is 0 Å². The molecule has 1 N–H and O–H groups in total. The van der Waals surface area contributed by atoms with Crippen LogP contribution in [0.5, 0.6) is 0 Å². The first-order chi connectivity index (χ1) is 20.6. The summed E-state index contributed by atoms with van der Waals surface area (Å²) in [5, 5.41) is 0. The summed E-state index contributed by atoms with van der Waals surface area (Å²) in [7, 11) is 1.64. The second-order valence-electron chi connectivity index (χ2n) is 12.2. The number of unbranched alkanes of at least 4 members (excludes halogenated alkanes) is 10. The number of carbonyl (C=O) groups is 1. The van der Waals surface area contributed by atoms with Gasteiger partial charge in [0.25, 0.3) is 0 Å². The Morgan fingerprint density at radius 2 is 1.35 bits per heavy atom. The Labute approximate surface area is 264 Å². The summed E-state index contributed by atoms with van der Waals surface area (Å²) >= 11 is 0. The smallest absolute Gasteiger partial charge is 0.457 e. The molecule has 2 unspecified atom stereocenters. The number of quaternary nitrogens is 1. The van der Waals surface area contributed by atoms with E-state index in [1.807, 2.05) is 21.1 Å². The second kappa shape index (κ2) is 28.2. The van der Waals surface area contributed by atoms with Gasteiger partial charge >= 0.3 is 13.8 Å². The zero-order chi connectivity index (χ0) is 32.1. The molecule has 0 bridgehead atoms. The van der Waals surface area contributed by atoms with Crippen molar-refractivity contribution in [3.05, 3.63) is 36.5 Å². The van der Waals surface area contributed by atoms with Gasteiger partial charge in [-0.1, -0.05) is 102 Å². The topological polar surface area (TPSA) is 91.3 Å². The molecule has 0 aliphatic rings. The maximum atomic E-state index is 12.5. The van der Waals surface area contributed by atoms with Crippen molar-refractivity contribution in [1.82, 2.24) is 0 Å². The molecule has 0 aromatic carbocycles. The number of likely N-dealkylation sites (N-methyl/N-ethyl adjacent to an activating group) is 1. The summed E-state index contributed by atoms with van der Waals surface area (Å²) in [4.78, 5) is 22.5. The van der Waals surface area contributed by atoms with E-state index in [0.717, 1.165) is 70.6 Å². The molecule has 0 saturated heterocycles. The minimum absolute atomic E-state index is 0.0836. The Kier molecular flexibility index (Phi) is 27.4. The highest BCUT2D eigenvalue weighted by atomic mass is 31.2. The number of ether oxygens (including phenoxy) is 2. The van der Waals surface area contributed by atoms with Crippen LogP contribution in [0, 0.1) is 0 Å². The van der Waals surface area contributed by atoms with Gasteiger partial charge in [-0.3, -0.25) is 13.8 Å². The maximum Gasteiger partial charge on any atom is 0.472 e. The Bertz CT molecular complexity index is 792. The molecule has 0 aliphatic heterocycles. The number of rotatable bonds is 30. The number of phosphoric ester groups is 1. The summed E-state index contributed by atoms with van der Waals surface area (Å²) < 4.78 is 34.6. The molecular weight excluding hydrogens is 565 g/mol. The lowest BCUT2D eigenvalue weighted by Gasteiger charge is -2.24. The third-order valence-corrected chi connectivity index (χ3v) is 7.70. The summed E-state index contributed by atoms with van der Waals surface area (Å²) in [6.45, 7) is 5.38. The van der Waals surface area contributed by atoms with Crippen LogP contribution >= 0.6 is 7.82 Å². The van der Waals surface area contributed by atoms with Gasteiger partial charge in [-0.25, -0.2) is 4.57 Å². The molecule has 43 heavy (non-hydrogen) atoms. The third-order valence-electron chi connectivity index (χ3n) is 6.72. The Balaban J connectivity index is 4.35. The van der Waals surface area contributed by atoms with E-state index in [1.165, 1.54) is 25.7 Å². The highest BCUT2D eigenvalue weighted by Gasteiger charge is 2.26. The van der Waals surface area contributed by atoms with E-state index in [9.17, 15) is 14.3 Å². The Morgan fingerprint density at radius 1 is 0.744 bits per heavy atom. The van der Waals surface area contributed by atoms with Crippen molar-refractivity contribution in [2.45, 2.75) is 123 Å².